The molecule has 1 aromatic heterocycles. The standard InChI is InChI=1S/C24H25NO5S2/c1-4-12-30-23-17(6-5-7-19(23)29-3)18-13-21(26)25-22-20(14-31-24(18)22)32(27,28)16-10-8-15(2)9-11-16/h5-11,14,18H,4,12-13H2,1-3H3,(H,25,26)/t18-/m0/s1. The summed E-state index contributed by atoms with van der Waals surface area (Å²) in [7, 11) is -2.20. The zero-order chi connectivity index (χ0) is 22.9. The third-order valence-electron chi connectivity index (χ3n) is 5.43. The molecule has 6 nitrogen and oxygen atoms in total. The van der Waals surface area contributed by atoms with Gasteiger partial charge in [0.1, 0.15) is 4.90 Å². The molecule has 1 aliphatic heterocycles. The number of fused-ring (bicyclic) bond motifs is 1. The Morgan fingerprint density at radius 2 is 1.91 bits per heavy atom. The summed E-state index contributed by atoms with van der Waals surface area (Å²) in [6, 6.07) is 12.3. The Morgan fingerprint density at radius 1 is 1.16 bits per heavy atom. The second kappa shape index (κ2) is 8.96. The predicted molar refractivity (Wildman–Crippen MR) is 125 cm³/mol. The third kappa shape index (κ3) is 4.00. The lowest BCUT2D eigenvalue weighted by Gasteiger charge is -2.26. The van der Waals surface area contributed by atoms with Crippen molar-refractivity contribution in [2.45, 2.75) is 42.4 Å². The van der Waals surface area contributed by atoms with Gasteiger partial charge in [0, 0.05) is 28.2 Å². The average Bonchev–Trinajstić information content (AvgIpc) is 3.21. The van der Waals surface area contributed by atoms with Gasteiger partial charge in [0.05, 0.1) is 24.3 Å². The monoisotopic (exact) mass is 471 g/mol. The van der Waals surface area contributed by atoms with Gasteiger partial charge in [-0.1, -0.05) is 36.8 Å². The Labute approximate surface area is 192 Å². The number of para-hydroxylation sites is 1. The topological polar surface area (TPSA) is 81.7 Å². The first-order chi connectivity index (χ1) is 15.4. The normalized spacial score (nSPS) is 15.7. The van der Waals surface area contributed by atoms with E-state index in [0.29, 0.717) is 23.8 Å². The number of benzene rings is 2. The van der Waals surface area contributed by atoms with Crippen LogP contribution < -0.4 is 14.8 Å². The first kappa shape index (κ1) is 22.4. The van der Waals surface area contributed by atoms with Crippen molar-refractivity contribution in [2.24, 2.45) is 0 Å². The number of amides is 1. The van der Waals surface area contributed by atoms with E-state index >= 15 is 0 Å². The van der Waals surface area contributed by atoms with Crippen LogP contribution in [0.5, 0.6) is 11.5 Å². The number of hydrogen-bond donors (Lipinski definition) is 1. The number of aryl methyl sites for hydroxylation is 1. The Hall–Kier alpha value is -2.84. The fraction of sp³-hybridized carbons (Fsp3) is 0.292. The number of carbonyl (C=O) groups is 1. The van der Waals surface area contributed by atoms with Gasteiger partial charge >= 0.3 is 0 Å². The number of carbonyl (C=O) groups excluding carboxylic acids is 1. The first-order valence-corrected chi connectivity index (χ1v) is 12.8. The maximum atomic E-state index is 13.3. The number of methoxy groups -OCH3 is 1. The highest BCUT2D eigenvalue weighted by Crippen LogP contribution is 2.49. The summed E-state index contributed by atoms with van der Waals surface area (Å²) in [5.41, 5.74) is 2.15. The summed E-state index contributed by atoms with van der Waals surface area (Å²) in [5, 5.41) is 4.42. The molecule has 1 N–H and O–H groups in total. The van der Waals surface area contributed by atoms with Gasteiger partial charge < -0.3 is 14.8 Å². The van der Waals surface area contributed by atoms with E-state index in [0.717, 1.165) is 22.4 Å². The lowest BCUT2D eigenvalue weighted by atomic mass is 9.89. The van der Waals surface area contributed by atoms with E-state index in [1.807, 2.05) is 32.0 Å². The molecule has 0 saturated carbocycles. The highest BCUT2D eigenvalue weighted by molar-refractivity contribution is 7.91. The molecule has 8 heteroatoms. The van der Waals surface area contributed by atoms with Crippen molar-refractivity contribution in [1.29, 1.82) is 0 Å². The Kier molecular flexibility index (Phi) is 6.26. The van der Waals surface area contributed by atoms with Crippen LogP contribution in [0, 0.1) is 6.92 Å². The van der Waals surface area contributed by atoms with Crippen molar-refractivity contribution < 1.29 is 22.7 Å². The quantitative estimate of drug-likeness (QED) is 0.515. The zero-order valence-corrected chi connectivity index (χ0v) is 19.8. The molecule has 2 aromatic carbocycles. The van der Waals surface area contributed by atoms with Crippen molar-refractivity contribution >= 4 is 32.8 Å². The number of rotatable bonds is 7. The number of sulfone groups is 1. The molecule has 0 radical (unpaired) electrons. The summed E-state index contributed by atoms with van der Waals surface area (Å²) in [4.78, 5) is 13.8. The van der Waals surface area contributed by atoms with Gasteiger partial charge in [-0.3, -0.25) is 4.79 Å². The van der Waals surface area contributed by atoms with Crippen LogP contribution in [0.25, 0.3) is 0 Å². The third-order valence-corrected chi connectivity index (χ3v) is 8.47. The van der Waals surface area contributed by atoms with Crippen molar-refractivity contribution in [3.63, 3.8) is 0 Å². The van der Waals surface area contributed by atoms with E-state index in [1.54, 1.807) is 36.8 Å². The molecule has 168 valence electrons. The molecule has 0 saturated heterocycles. The maximum absolute atomic E-state index is 13.3. The fourth-order valence-electron chi connectivity index (χ4n) is 3.82. The smallest absolute Gasteiger partial charge is 0.225 e. The number of ether oxygens (including phenoxy) is 2. The lowest BCUT2D eigenvalue weighted by Crippen LogP contribution is -2.24. The van der Waals surface area contributed by atoms with Crippen LogP contribution in [-0.2, 0) is 14.6 Å². The van der Waals surface area contributed by atoms with E-state index in [1.165, 1.54) is 11.3 Å². The van der Waals surface area contributed by atoms with Crippen LogP contribution in [0.15, 0.2) is 57.6 Å². The molecule has 4 rings (SSSR count). The summed E-state index contributed by atoms with van der Waals surface area (Å²) < 4.78 is 38.2. The molecule has 0 spiro atoms. The van der Waals surface area contributed by atoms with Gasteiger partial charge in [-0.15, -0.1) is 11.3 Å². The Balaban J connectivity index is 1.83. The molecular weight excluding hydrogens is 446 g/mol. The molecule has 0 aliphatic carbocycles. The van der Waals surface area contributed by atoms with E-state index in [9.17, 15) is 13.2 Å². The van der Waals surface area contributed by atoms with Crippen molar-refractivity contribution in [2.75, 3.05) is 19.0 Å². The van der Waals surface area contributed by atoms with Crippen molar-refractivity contribution in [1.82, 2.24) is 0 Å². The van der Waals surface area contributed by atoms with Crippen molar-refractivity contribution in [3.05, 3.63) is 63.8 Å². The van der Waals surface area contributed by atoms with Crippen LogP contribution in [0.4, 0.5) is 5.69 Å². The molecule has 0 unspecified atom stereocenters. The summed E-state index contributed by atoms with van der Waals surface area (Å²) in [5.74, 6) is 0.629. The molecular formula is C24H25NO5S2. The molecule has 1 atom stereocenters. The molecule has 3 aromatic rings. The van der Waals surface area contributed by atoms with Crippen LogP contribution in [0.2, 0.25) is 0 Å². The maximum Gasteiger partial charge on any atom is 0.225 e. The SMILES string of the molecule is CCCOc1c(OC)cccc1[C@@H]1CC(=O)Nc2c(S(=O)(=O)c3ccc(C)cc3)csc21. The molecule has 1 amide bonds. The van der Waals surface area contributed by atoms with Gasteiger partial charge in [0.2, 0.25) is 15.7 Å². The largest absolute Gasteiger partial charge is 0.493 e. The van der Waals surface area contributed by atoms with Gasteiger partial charge in [0.15, 0.2) is 11.5 Å². The predicted octanol–water partition coefficient (Wildman–Crippen LogP) is 5.16. The van der Waals surface area contributed by atoms with Gasteiger partial charge in [-0.05, 0) is 31.5 Å². The van der Waals surface area contributed by atoms with E-state index < -0.39 is 9.84 Å². The van der Waals surface area contributed by atoms with Crippen LogP contribution in [0.1, 0.15) is 41.7 Å². The second-order valence-electron chi connectivity index (χ2n) is 7.69. The number of thiophene rings is 1. The fourth-order valence-corrected chi connectivity index (χ4v) is 6.72. The van der Waals surface area contributed by atoms with Gasteiger partial charge in [-0.2, -0.15) is 0 Å². The lowest BCUT2D eigenvalue weighted by molar-refractivity contribution is -0.116. The second-order valence-corrected chi connectivity index (χ2v) is 10.5. The number of anilines is 1. The van der Waals surface area contributed by atoms with E-state index in [-0.39, 0.29) is 28.0 Å². The Morgan fingerprint density at radius 3 is 2.59 bits per heavy atom. The van der Waals surface area contributed by atoms with Crippen LogP contribution in [0.3, 0.4) is 0 Å². The zero-order valence-electron chi connectivity index (χ0n) is 18.2. The minimum Gasteiger partial charge on any atom is -0.493 e. The highest BCUT2D eigenvalue weighted by Gasteiger charge is 2.36. The van der Waals surface area contributed by atoms with E-state index in [4.69, 9.17) is 9.47 Å². The molecule has 1 aliphatic rings. The molecule has 0 fully saturated rings. The number of nitrogens with one attached hydrogen (secondary N) is 1. The summed E-state index contributed by atoms with van der Waals surface area (Å²) in [6.07, 6.45) is 1.03. The summed E-state index contributed by atoms with van der Waals surface area (Å²) >= 11 is 1.34. The minimum absolute atomic E-state index is 0.123. The average molecular weight is 472 g/mol. The minimum atomic E-state index is -3.78. The van der Waals surface area contributed by atoms with Crippen molar-refractivity contribution in [3.8, 4) is 11.5 Å². The summed E-state index contributed by atoms with van der Waals surface area (Å²) in [6.45, 7) is 4.43. The van der Waals surface area contributed by atoms with Gasteiger partial charge in [0.25, 0.3) is 0 Å². The Bertz CT molecular complexity index is 1250. The van der Waals surface area contributed by atoms with Gasteiger partial charge in [-0.25, -0.2) is 8.42 Å². The van der Waals surface area contributed by atoms with Crippen LogP contribution >= 0.6 is 11.3 Å². The number of hydrogen-bond acceptors (Lipinski definition) is 6. The molecule has 0 bridgehead atoms. The van der Waals surface area contributed by atoms with Crippen LogP contribution in [-0.4, -0.2) is 28.0 Å². The molecule has 32 heavy (non-hydrogen) atoms. The highest BCUT2D eigenvalue weighted by atomic mass is 32.2. The first-order valence-electron chi connectivity index (χ1n) is 10.4. The molecule has 2 heterocycles. The van der Waals surface area contributed by atoms with E-state index in [2.05, 4.69) is 5.32 Å².